The van der Waals surface area contributed by atoms with Crippen LogP contribution in [0.2, 0.25) is 0 Å². The third-order valence-corrected chi connectivity index (χ3v) is 6.18. The van der Waals surface area contributed by atoms with E-state index in [0.717, 1.165) is 16.8 Å². The number of alkyl halides is 3. The Hall–Kier alpha value is -3.38. The average molecular weight is 483 g/mol. The minimum absolute atomic E-state index is 0.0789. The number of hydrogen-bond acceptors (Lipinski definition) is 6. The second-order valence-electron chi connectivity index (χ2n) is 6.89. The number of benzene rings is 2. The second kappa shape index (κ2) is 9.24. The van der Waals surface area contributed by atoms with E-state index < -0.39 is 34.4 Å². The van der Waals surface area contributed by atoms with Gasteiger partial charge in [-0.05, 0) is 48.5 Å². The summed E-state index contributed by atoms with van der Waals surface area (Å²) in [5, 5.41) is 13.4. The van der Waals surface area contributed by atoms with Crippen molar-refractivity contribution in [2.45, 2.75) is 31.0 Å². The fourth-order valence-electron chi connectivity index (χ4n) is 3.04. The van der Waals surface area contributed by atoms with Gasteiger partial charge in [-0.1, -0.05) is 6.92 Å². The molecule has 0 spiro atoms. The first-order chi connectivity index (χ1) is 15.5. The highest BCUT2D eigenvalue weighted by molar-refractivity contribution is 7.90. The number of aromatic nitrogens is 2. The van der Waals surface area contributed by atoms with Crippen LogP contribution in [-0.2, 0) is 27.6 Å². The van der Waals surface area contributed by atoms with Crippen LogP contribution >= 0.6 is 0 Å². The topological polar surface area (TPSA) is 111 Å². The third kappa shape index (κ3) is 5.17. The average Bonchev–Trinajstić information content (AvgIpc) is 3.24. The number of sulfonamides is 1. The molecule has 2 N–H and O–H groups in total. The Balaban J connectivity index is 2.15. The van der Waals surface area contributed by atoms with Crippen molar-refractivity contribution in [2.75, 3.05) is 7.11 Å². The van der Waals surface area contributed by atoms with Crippen molar-refractivity contribution >= 4 is 15.9 Å². The Bertz CT molecular complexity index is 1270. The Morgan fingerprint density at radius 2 is 1.82 bits per heavy atom. The fourth-order valence-corrected chi connectivity index (χ4v) is 4.31. The summed E-state index contributed by atoms with van der Waals surface area (Å²) in [7, 11) is -2.83. The molecular formula is C21H20F3N3O5S. The zero-order chi connectivity index (χ0) is 24.4. The summed E-state index contributed by atoms with van der Waals surface area (Å²) in [5.74, 6) is -0.237. The summed E-state index contributed by atoms with van der Waals surface area (Å²) in [5.41, 5.74) is -0.694. The third-order valence-electron chi connectivity index (χ3n) is 4.70. The van der Waals surface area contributed by atoms with Crippen LogP contribution < -0.4 is 9.46 Å². The quantitative estimate of drug-likeness (QED) is 0.534. The second-order valence-corrected chi connectivity index (χ2v) is 8.54. The number of rotatable bonds is 7. The molecule has 8 nitrogen and oxygen atoms in total. The van der Waals surface area contributed by atoms with Crippen LogP contribution in [-0.4, -0.2) is 36.3 Å². The first-order valence-corrected chi connectivity index (χ1v) is 11.1. The summed E-state index contributed by atoms with van der Waals surface area (Å²) in [4.78, 5) is 11.2. The van der Waals surface area contributed by atoms with Gasteiger partial charge in [0, 0.05) is 17.5 Å². The van der Waals surface area contributed by atoms with Crippen molar-refractivity contribution in [3.05, 3.63) is 59.8 Å². The molecule has 3 rings (SSSR count). The number of nitrogens with one attached hydrogen (secondary N) is 1. The Morgan fingerprint density at radius 3 is 2.36 bits per heavy atom. The lowest BCUT2D eigenvalue weighted by molar-refractivity contribution is -0.141. The SMILES string of the molecule is CCC(=O)NS(=O)(=O)c1ccc(-n2nc(C(F)(F)F)cc2-c2ccc(OC)cc2)cc1CO. The molecule has 3 aromatic rings. The van der Waals surface area contributed by atoms with Gasteiger partial charge in [-0.15, -0.1) is 0 Å². The lowest BCUT2D eigenvalue weighted by Crippen LogP contribution is -2.30. The minimum atomic E-state index is -4.72. The van der Waals surface area contributed by atoms with Crippen molar-refractivity contribution < 1.29 is 36.2 Å². The summed E-state index contributed by atoms with van der Waals surface area (Å²) in [6, 6.07) is 10.7. The van der Waals surface area contributed by atoms with Crippen LogP contribution in [0.25, 0.3) is 16.9 Å². The monoisotopic (exact) mass is 483 g/mol. The molecule has 1 amide bonds. The number of ether oxygens (including phenoxy) is 1. The molecule has 0 aliphatic heterocycles. The van der Waals surface area contributed by atoms with Crippen LogP contribution in [0.3, 0.4) is 0 Å². The minimum Gasteiger partial charge on any atom is -0.497 e. The summed E-state index contributed by atoms with van der Waals surface area (Å²) < 4.78 is 73.1. The van der Waals surface area contributed by atoms with Crippen molar-refractivity contribution in [3.63, 3.8) is 0 Å². The van der Waals surface area contributed by atoms with Gasteiger partial charge in [0.25, 0.3) is 10.0 Å². The van der Waals surface area contributed by atoms with E-state index >= 15 is 0 Å². The summed E-state index contributed by atoms with van der Waals surface area (Å²) in [6.45, 7) is 0.729. The number of carbonyl (C=O) groups is 1. The van der Waals surface area contributed by atoms with Gasteiger partial charge in [0.05, 0.1) is 30.0 Å². The first-order valence-electron chi connectivity index (χ1n) is 9.61. The molecule has 0 aliphatic rings. The van der Waals surface area contributed by atoms with Gasteiger partial charge in [-0.2, -0.15) is 18.3 Å². The molecule has 1 heterocycles. The number of aliphatic hydroxyl groups excluding tert-OH is 1. The van der Waals surface area contributed by atoms with Crippen LogP contribution in [0.5, 0.6) is 5.75 Å². The maximum Gasteiger partial charge on any atom is 0.435 e. The van der Waals surface area contributed by atoms with E-state index in [-0.39, 0.29) is 28.3 Å². The summed E-state index contributed by atoms with van der Waals surface area (Å²) in [6.07, 6.45) is -4.80. The van der Waals surface area contributed by atoms with Gasteiger partial charge in [-0.25, -0.2) is 17.8 Å². The van der Waals surface area contributed by atoms with Gasteiger partial charge >= 0.3 is 6.18 Å². The number of nitrogens with zero attached hydrogens (tertiary/aromatic N) is 2. The molecular weight excluding hydrogens is 463 g/mol. The van der Waals surface area contributed by atoms with Gasteiger partial charge in [0.15, 0.2) is 5.69 Å². The lowest BCUT2D eigenvalue weighted by Gasteiger charge is -2.13. The molecule has 0 saturated heterocycles. The molecule has 0 atom stereocenters. The van der Waals surface area contributed by atoms with Crippen molar-refractivity contribution in [2.24, 2.45) is 0 Å². The normalized spacial score (nSPS) is 11.9. The standard InChI is InChI=1S/C21H20F3N3O5S/c1-3-20(29)26-33(30,31)18-9-6-15(10-14(18)12-28)27-17(11-19(25-27)21(22,23)24)13-4-7-16(32-2)8-5-13/h4-11,28H,3,12H2,1-2H3,(H,26,29). The zero-order valence-corrected chi connectivity index (χ0v) is 18.4. The van der Waals surface area contributed by atoms with E-state index in [1.54, 1.807) is 24.3 Å². The molecule has 0 unspecified atom stereocenters. The summed E-state index contributed by atoms with van der Waals surface area (Å²) >= 11 is 0. The van der Waals surface area contributed by atoms with Crippen molar-refractivity contribution in [1.82, 2.24) is 14.5 Å². The number of carbonyl (C=O) groups excluding carboxylic acids is 1. The number of aliphatic hydroxyl groups is 1. The number of amides is 1. The van der Waals surface area contributed by atoms with Crippen LogP contribution in [0.15, 0.2) is 53.4 Å². The van der Waals surface area contributed by atoms with E-state index in [2.05, 4.69) is 5.10 Å². The van der Waals surface area contributed by atoms with E-state index in [9.17, 15) is 31.5 Å². The van der Waals surface area contributed by atoms with Gasteiger partial charge in [0.1, 0.15) is 5.75 Å². The Kier molecular flexibility index (Phi) is 6.79. The van der Waals surface area contributed by atoms with Gasteiger partial charge < -0.3 is 9.84 Å². The zero-order valence-electron chi connectivity index (χ0n) is 17.5. The highest BCUT2D eigenvalue weighted by Gasteiger charge is 2.35. The predicted octanol–water partition coefficient (Wildman–Crippen LogP) is 3.27. The Morgan fingerprint density at radius 1 is 1.15 bits per heavy atom. The first kappa shape index (κ1) is 24.3. The predicted molar refractivity (Wildman–Crippen MR) is 112 cm³/mol. The van der Waals surface area contributed by atoms with Crippen molar-refractivity contribution in [1.29, 1.82) is 0 Å². The van der Waals surface area contributed by atoms with Crippen molar-refractivity contribution in [3.8, 4) is 22.7 Å². The molecule has 2 aromatic carbocycles. The van der Waals surface area contributed by atoms with Crippen LogP contribution in [0.4, 0.5) is 13.2 Å². The van der Waals surface area contributed by atoms with Crippen LogP contribution in [0.1, 0.15) is 24.6 Å². The molecule has 1 aromatic heterocycles. The number of hydrogen-bond donors (Lipinski definition) is 2. The van der Waals surface area contributed by atoms with Gasteiger partial charge in [-0.3, -0.25) is 4.79 Å². The molecule has 33 heavy (non-hydrogen) atoms. The highest BCUT2D eigenvalue weighted by atomic mass is 32.2. The lowest BCUT2D eigenvalue weighted by atomic mass is 10.1. The highest BCUT2D eigenvalue weighted by Crippen LogP contribution is 2.34. The van der Waals surface area contributed by atoms with E-state index in [0.29, 0.717) is 11.3 Å². The molecule has 0 fully saturated rings. The van der Waals surface area contributed by atoms with Crippen LogP contribution in [0, 0.1) is 0 Å². The fraction of sp³-hybridized carbons (Fsp3) is 0.238. The largest absolute Gasteiger partial charge is 0.497 e. The van der Waals surface area contributed by atoms with E-state index in [4.69, 9.17) is 4.74 Å². The number of methoxy groups -OCH3 is 1. The molecule has 0 bridgehead atoms. The number of halogens is 3. The molecule has 0 radical (unpaired) electrons. The smallest absolute Gasteiger partial charge is 0.435 e. The molecule has 12 heteroatoms. The Labute approximate surface area is 187 Å². The molecule has 0 saturated carbocycles. The van der Waals surface area contributed by atoms with E-state index in [1.165, 1.54) is 26.2 Å². The molecule has 0 aliphatic carbocycles. The van der Waals surface area contributed by atoms with E-state index in [1.807, 2.05) is 4.72 Å². The maximum atomic E-state index is 13.4. The van der Waals surface area contributed by atoms with Gasteiger partial charge in [0.2, 0.25) is 5.91 Å². The maximum absolute atomic E-state index is 13.4. The molecule has 176 valence electrons.